The van der Waals surface area contributed by atoms with Gasteiger partial charge in [0.15, 0.2) is 0 Å². The first kappa shape index (κ1) is 14.0. The number of likely N-dealkylation sites (N-methyl/N-ethyl adjacent to an activating group) is 1. The molecule has 0 radical (unpaired) electrons. The Hall–Kier alpha value is -2.00. The van der Waals surface area contributed by atoms with Crippen LogP contribution < -0.4 is 10.1 Å². The number of phenols is 1. The third-order valence-corrected chi connectivity index (χ3v) is 4.06. The van der Waals surface area contributed by atoms with Crippen molar-refractivity contribution < 1.29 is 9.84 Å². The molecule has 21 heavy (non-hydrogen) atoms. The Bertz CT molecular complexity index is 612. The molecule has 1 aliphatic heterocycles. The standard InChI is InChI=1S/C18H21NO2/c1-2-19-17(11-13-6-5-7-14(20)10-13)16-12-21-18-9-4-3-8-15(16)18/h3-10,16-17,19-20H,2,11-12H2,1H3. The van der Waals surface area contributed by atoms with E-state index < -0.39 is 0 Å². The molecule has 0 saturated carbocycles. The molecular formula is C18H21NO2. The predicted octanol–water partition coefficient (Wildman–Crippen LogP) is 3.09. The first-order chi connectivity index (χ1) is 10.3. The number of hydrogen-bond acceptors (Lipinski definition) is 3. The van der Waals surface area contributed by atoms with Gasteiger partial charge in [0.05, 0.1) is 6.61 Å². The molecule has 3 nitrogen and oxygen atoms in total. The molecule has 2 atom stereocenters. The highest BCUT2D eigenvalue weighted by Gasteiger charge is 2.30. The van der Waals surface area contributed by atoms with Crippen molar-refractivity contribution in [2.75, 3.05) is 13.2 Å². The fraction of sp³-hybridized carbons (Fsp3) is 0.333. The lowest BCUT2D eigenvalue weighted by atomic mass is 9.89. The van der Waals surface area contributed by atoms with E-state index in [4.69, 9.17) is 4.74 Å². The van der Waals surface area contributed by atoms with Crippen LogP contribution in [0.5, 0.6) is 11.5 Å². The fourth-order valence-electron chi connectivity index (χ4n) is 3.08. The van der Waals surface area contributed by atoms with Crippen molar-refractivity contribution in [3.05, 3.63) is 59.7 Å². The maximum atomic E-state index is 9.63. The van der Waals surface area contributed by atoms with E-state index in [-0.39, 0.29) is 0 Å². The molecule has 2 unspecified atom stereocenters. The fourth-order valence-corrected chi connectivity index (χ4v) is 3.08. The molecule has 2 aromatic carbocycles. The van der Waals surface area contributed by atoms with E-state index in [1.165, 1.54) is 5.56 Å². The van der Waals surface area contributed by atoms with Crippen LogP contribution in [0.4, 0.5) is 0 Å². The van der Waals surface area contributed by atoms with E-state index in [1.807, 2.05) is 24.3 Å². The smallest absolute Gasteiger partial charge is 0.122 e. The summed E-state index contributed by atoms with van der Waals surface area (Å²) in [5, 5.41) is 13.2. The van der Waals surface area contributed by atoms with Crippen LogP contribution >= 0.6 is 0 Å². The molecule has 2 aromatic rings. The van der Waals surface area contributed by atoms with Crippen LogP contribution in [0, 0.1) is 0 Å². The molecule has 0 spiro atoms. The molecule has 3 rings (SSSR count). The maximum Gasteiger partial charge on any atom is 0.122 e. The molecule has 3 heteroatoms. The van der Waals surface area contributed by atoms with E-state index >= 15 is 0 Å². The van der Waals surface area contributed by atoms with E-state index in [1.54, 1.807) is 6.07 Å². The van der Waals surface area contributed by atoms with Crippen molar-refractivity contribution in [3.8, 4) is 11.5 Å². The van der Waals surface area contributed by atoms with Gasteiger partial charge < -0.3 is 15.2 Å². The molecule has 1 aliphatic rings. The second-order valence-electron chi connectivity index (χ2n) is 5.49. The Morgan fingerprint density at radius 1 is 1.24 bits per heavy atom. The number of aromatic hydroxyl groups is 1. The van der Waals surface area contributed by atoms with Gasteiger partial charge in [0.1, 0.15) is 11.5 Å². The molecule has 0 aliphatic carbocycles. The normalized spacial score (nSPS) is 18.0. The topological polar surface area (TPSA) is 41.5 Å². The van der Waals surface area contributed by atoms with Crippen molar-refractivity contribution in [2.45, 2.75) is 25.3 Å². The molecule has 0 saturated heterocycles. The van der Waals surface area contributed by atoms with Crippen LogP contribution in [-0.4, -0.2) is 24.3 Å². The van der Waals surface area contributed by atoms with Crippen LogP contribution in [0.3, 0.4) is 0 Å². The Labute approximate surface area is 125 Å². The minimum absolute atomic E-state index is 0.306. The van der Waals surface area contributed by atoms with Crippen LogP contribution in [0.1, 0.15) is 24.0 Å². The van der Waals surface area contributed by atoms with E-state index in [9.17, 15) is 5.11 Å². The minimum Gasteiger partial charge on any atom is -0.508 e. The van der Waals surface area contributed by atoms with Crippen molar-refractivity contribution in [1.82, 2.24) is 5.32 Å². The van der Waals surface area contributed by atoms with Gasteiger partial charge in [0, 0.05) is 17.5 Å². The molecule has 0 fully saturated rings. The largest absolute Gasteiger partial charge is 0.508 e. The lowest BCUT2D eigenvalue weighted by Crippen LogP contribution is -2.37. The molecule has 0 amide bonds. The van der Waals surface area contributed by atoms with Gasteiger partial charge in [-0.2, -0.15) is 0 Å². The van der Waals surface area contributed by atoms with Crippen LogP contribution in [0.15, 0.2) is 48.5 Å². The maximum absolute atomic E-state index is 9.63. The summed E-state index contributed by atoms with van der Waals surface area (Å²) in [7, 11) is 0. The SMILES string of the molecule is CCNC(Cc1cccc(O)c1)C1COc2ccccc21. The highest BCUT2D eigenvalue weighted by Crippen LogP contribution is 2.36. The van der Waals surface area contributed by atoms with Gasteiger partial charge >= 0.3 is 0 Å². The predicted molar refractivity (Wildman–Crippen MR) is 84.0 cm³/mol. The van der Waals surface area contributed by atoms with Crippen LogP contribution in [0.25, 0.3) is 0 Å². The Kier molecular flexibility index (Phi) is 4.11. The average Bonchev–Trinajstić information content (AvgIpc) is 2.91. The summed E-state index contributed by atoms with van der Waals surface area (Å²) in [6.45, 7) is 3.76. The van der Waals surface area contributed by atoms with Crippen molar-refractivity contribution >= 4 is 0 Å². The minimum atomic E-state index is 0.306. The van der Waals surface area contributed by atoms with E-state index in [2.05, 4.69) is 30.4 Å². The zero-order valence-corrected chi connectivity index (χ0v) is 12.3. The molecule has 110 valence electrons. The summed E-state index contributed by atoms with van der Waals surface area (Å²) in [5.41, 5.74) is 2.42. The molecule has 0 bridgehead atoms. The van der Waals surface area contributed by atoms with Gasteiger partial charge in [0.25, 0.3) is 0 Å². The third kappa shape index (κ3) is 3.03. The van der Waals surface area contributed by atoms with Crippen LogP contribution in [0.2, 0.25) is 0 Å². The van der Waals surface area contributed by atoms with Gasteiger partial charge in [-0.25, -0.2) is 0 Å². The van der Waals surface area contributed by atoms with Crippen LogP contribution in [-0.2, 0) is 6.42 Å². The number of phenolic OH excluding ortho intramolecular Hbond substituents is 1. The van der Waals surface area contributed by atoms with Crippen molar-refractivity contribution in [3.63, 3.8) is 0 Å². The molecule has 2 N–H and O–H groups in total. The first-order valence-corrected chi connectivity index (χ1v) is 7.51. The van der Waals surface area contributed by atoms with Gasteiger partial charge in [0.2, 0.25) is 0 Å². The summed E-state index contributed by atoms with van der Waals surface area (Å²) in [6, 6.07) is 16.1. The van der Waals surface area contributed by atoms with Crippen molar-refractivity contribution in [1.29, 1.82) is 0 Å². The van der Waals surface area contributed by atoms with Gasteiger partial charge in [-0.1, -0.05) is 37.3 Å². The number of hydrogen-bond donors (Lipinski definition) is 2. The third-order valence-electron chi connectivity index (χ3n) is 4.06. The van der Waals surface area contributed by atoms with E-state index in [0.29, 0.717) is 17.7 Å². The van der Waals surface area contributed by atoms with Gasteiger partial charge in [-0.05, 0) is 36.7 Å². The summed E-state index contributed by atoms with van der Waals surface area (Å²) < 4.78 is 5.81. The summed E-state index contributed by atoms with van der Waals surface area (Å²) in [5.74, 6) is 1.68. The number of nitrogens with one attached hydrogen (secondary N) is 1. The number of para-hydroxylation sites is 1. The Morgan fingerprint density at radius 3 is 2.90 bits per heavy atom. The van der Waals surface area contributed by atoms with E-state index in [0.717, 1.165) is 30.9 Å². The highest BCUT2D eigenvalue weighted by atomic mass is 16.5. The Morgan fingerprint density at radius 2 is 2.10 bits per heavy atom. The average molecular weight is 283 g/mol. The summed E-state index contributed by atoms with van der Waals surface area (Å²) >= 11 is 0. The number of benzene rings is 2. The number of fused-ring (bicyclic) bond motifs is 1. The second kappa shape index (κ2) is 6.19. The first-order valence-electron chi connectivity index (χ1n) is 7.51. The lowest BCUT2D eigenvalue weighted by Gasteiger charge is -2.24. The molecular weight excluding hydrogens is 262 g/mol. The lowest BCUT2D eigenvalue weighted by molar-refractivity contribution is 0.298. The zero-order valence-electron chi connectivity index (χ0n) is 12.3. The molecule has 1 heterocycles. The van der Waals surface area contributed by atoms with Crippen molar-refractivity contribution in [2.24, 2.45) is 0 Å². The van der Waals surface area contributed by atoms with Gasteiger partial charge in [-0.3, -0.25) is 0 Å². The number of rotatable bonds is 5. The monoisotopic (exact) mass is 283 g/mol. The van der Waals surface area contributed by atoms with Gasteiger partial charge in [-0.15, -0.1) is 0 Å². The second-order valence-corrected chi connectivity index (χ2v) is 5.49. The molecule has 0 aromatic heterocycles. The highest BCUT2D eigenvalue weighted by molar-refractivity contribution is 5.41. The quantitative estimate of drug-likeness (QED) is 0.886. The Balaban J connectivity index is 1.82. The summed E-state index contributed by atoms with van der Waals surface area (Å²) in [4.78, 5) is 0. The number of ether oxygens (including phenoxy) is 1. The summed E-state index contributed by atoms with van der Waals surface area (Å²) in [6.07, 6.45) is 0.880. The zero-order chi connectivity index (χ0) is 14.7.